The van der Waals surface area contributed by atoms with Crippen LogP contribution >= 0.6 is 0 Å². The number of likely N-dealkylation sites (tertiary alicyclic amines) is 1. The van der Waals surface area contributed by atoms with Crippen LogP contribution in [0, 0.1) is 0 Å². The third-order valence-electron chi connectivity index (χ3n) is 6.92. The lowest BCUT2D eigenvalue weighted by Gasteiger charge is -2.45. The van der Waals surface area contributed by atoms with Crippen LogP contribution in [0.2, 0.25) is 0 Å². The van der Waals surface area contributed by atoms with E-state index in [9.17, 15) is 27.6 Å². The molecule has 2 aliphatic heterocycles. The van der Waals surface area contributed by atoms with Gasteiger partial charge in [-0.05, 0) is 56.2 Å². The summed E-state index contributed by atoms with van der Waals surface area (Å²) in [5, 5.41) is 5.55. The van der Waals surface area contributed by atoms with Gasteiger partial charge in [0.1, 0.15) is 11.6 Å². The number of carbonyl (C=O) groups is 3. The van der Waals surface area contributed by atoms with Gasteiger partial charge in [-0.1, -0.05) is 18.2 Å². The Hall–Kier alpha value is -3.60. The van der Waals surface area contributed by atoms with Gasteiger partial charge in [0, 0.05) is 24.5 Å². The summed E-state index contributed by atoms with van der Waals surface area (Å²) in [6, 6.07) is 12.8. The number of anilines is 2. The highest BCUT2D eigenvalue weighted by Crippen LogP contribution is 2.37. The lowest BCUT2D eigenvalue weighted by molar-refractivity contribution is -0.147. The van der Waals surface area contributed by atoms with Crippen molar-refractivity contribution in [2.75, 3.05) is 36.6 Å². The minimum absolute atomic E-state index is 0.0767. The van der Waals surface area contributed by atoms with Crippen LogP contribution in [0.3, 0.4) is 0 Å². The van der Waals surface area contributed by atoms with Crippen molar-refractivity contribution in [2.45, 2.75) is 43.9 Å². The number of ether oxygens (including phenoxy) is 1. The summed E-state index contributed by atoms with van der Waals surface area (Å²) in [6.45, 7) is 2.92. The molecule has 2 aromatic carbocycles. The highest BCUT2D eigenvalue weighted by Gasteiger charge is 2.51. The van der Waals surface area contributed by atoms with Crippen molar-refractivity contribution in [3.8, 4) is 0 Å². The minimum atomic E-state index is -4.49. The molecule has 8 nitrogen and oxygen atoms in total. The molecule has 2 fully saturated rings. The molecular formula is C26H29F3N4O4. The van der Waals surface area contributed by atoms with Gasteiger partial charge in [0.15, 0.2) is 0 Å². The number of nitrogens with zero attached hydrogens (tertiary/aromatic N) is 2. The first-order valence-corrected chi connectivity index (χ1v) is 12.1. The predicted octanol–water partition coefficient (Wildman–Crippen LogP) is 3.39. The fourth-order valence-electron chi connectivity index (χ4n) is 4.97. The summed E-state index contributed by atoms with van der Waals surface area (Å²) in [4.78, 5) is 42.4. The molecular weight excluding hydrogens is 489 g/mol. The Morgan fingerprint density at radius 3 is 2.32 bits per heavy atom. The average molecular weight is 519 g/mol. The molecule has 2 saturated heterocycles. The molecule has 2 heterocycles. The number of piperidine rings is 1. The highest BCUT2D eigenvalue weighted by atomic mass is 19.4. The van der Waals surface area contributed by atoms with Gasteiger partial charge in [0.2, 0.25) is 11.8 Å². The average Bonchev–Trinajstić information content (AvgIpc) is 3.18. The fourth-order valence-corrected chi connectivity index (χ4v) is 4.97. The topological polar surface area (TPSA) is 91.0 Å². The van der Waals surface area contributed by atoms with Crippen molar-refractivity contribution in [2.24, 2.45) is 0 Å². The maximum atomic E-state index is 13.2. The molecule has 2 aromatic rings. The first-order chi connectivity index (χ1) is 17.6. The van der Waals surface area contributed by atoms with E-state index in [1.54, 1.807) is 6.92 Å². The third-order valence-corrected chi connectivity index (χ3v) is 6.92. The highest BCUT2D eigenvalue weighted by molar-refractivity contribution is 5.97. The zero-order chi connectivity index (χ0) is 26.6. The second-order valence-electron chi connectivity index (χ2n) is 9.08. The maximum Gasteiger partial charge on any atom is 0.416 e. The first-order valence-electron chi connectivity index (χ1n) is 12.1. The van der Waals surface area contributed by atoms with Crippen LogP contribution in [-0.4, -0.2) is 60.6 Å². The van der Waals surface area contributed by atoms with Crippen LogP contribution in [0.4, 0.5) is 24.5 Å². The summed E-state index contributed by atoms with van der Waals surface area (Å²) in [7, 11) is 0. The Balaban J connectivity index is 1.49. The number of esters is 1. The first kappa shape index (κ1) is 26.5. The number of hydrogen-bond acceptors (Lipinski definition) is 6. The second-order valence-corrected chi connectivity index (χ2v) is 9.08. The largest absolute Gasteiger partial charge is 0.466 e. The van der Waals surface area contributed by atoms with Gasteiger partial charge in [0.05, 0.1) is 25.3 Å². The number of para-hydroxylation sites is 1. The molecule has 0 aromatic heterocycles. The van der Waals surface area contributed by atoms with E-state index in [1.165, 1.54) is 12.1 Å². The van der Waals surface area contributed by atoms with E-state index < -0.39 is 35.2 Å². The van der Waals surface area contributed by atoms with E-state index in [0.717, 1.165) is 17.8 Å². The van der Waals surface area contributed by atoms with Crippen LogP contribution in [-0.2, 0) is 25.3 Å². The van der Waals surface area contributed by atoms with E-state index in [2.05, 4.69) is 10.6 Å². The number of nitrogens with one attached hydrogen (secondary N) is 2. The molecule has 0 bridgehead atoms. The molecule has 11 heteroatoms. The zero-order valence-corrected chi connectivity index (χ0v) is 20.4. The number of benzene rings is 2. The summed E-state index contributed by atoms with van der Waals surface area (Å²) in [5.41, 5.74) is -0.494. The SMILES string of the molecule is CCOC(=O)C[C@H](C(=O)Nc1ccc(C(F)(F)F)cc1)N1CCC2(CC1)C(=O)NCN2c1ccccc1. The molecule has 37 heavy (non-hydrogen) atoms. The van der Waals surface area contributed by atoms with Crippen LogP contribution in [0.25, 0.3) is 0 Å². The molecule has 198 valence electrons. The standard InChI is InChI=1S/C26H29F3N4O4/c1-2-37-22(34)16-21(23(35)31-19-10-8-18(9-11-19)26(27,28)29)32-14-12-25(13-15-32)24(36)30-17-33(25)20-6-4-3-5-7-20/h3-11,21H,2,12-17H2,1H3,(H,30,36)(H,31,35)/t21-/m1/s1. The lowest BCUT2D eigenvalue weighted by Crippen LogP contribution is -2.59. The van der Waals surface area contributed by atoms with Crippen molar-refractivity contribution >= 4 is 29.2 Å². The Bertz CT molecular complexity index is 1120. The van der Waals surface area contributed by atoms with Crippen molar-refractivity contribution in [1.29, 1.82) is 0 Å². The molecule has 2 aliphatic rings. The van der Waals surface area contributed by atoms with Gasteiger partial charge in [-0.15, -0.1) is 0 Å². The van der Waals surface area contributed by atoms with Crippen LogP contribution in [0.15, 0.2) is 54.6 Å². The van der Waals surface area contributed by atoms with Crippen molar-refractivity contribution < 1.29 is 32.3 Å². The number of alkyl halides is 3. The number of halogens is 3. The van der Waals surface area contributed by atoms with E-state index >= 15 is 0 Å². The van der Waals surface area contributed by atoms with Crippen LogP contribution in [0.1, 0.15) is 31.7 Å². The van der Waals surface area contributed by atoms with Gasteiger partial charge >= 0.3 is 12.1 Å². The Kier molecular flexibility index (Phi) is 7.72. The van der Waals surface area contributed by atoms with Crippen molar-refractivity contribution in [3.63, 3.8) is 0 Å². The molecule has 0 radical (unpaired) electrons. The lowest BCUT2D eigenvalue weighted by atomic mass is 9.85. The van der Waals surface area contributed by atoms with Crippen molar-refractivity contribution in [1.82, 2.24) is 10.2 Å². The Labute approximate surface area is 212 Å². The van der Waals surface area contributed by atoms with Gasteiger partial charge < -0.3 is 20.3 Å². The summed E-state index contributed by atoms with van der Waals surface area (Å²) >= 11 is 0. The molecule has 2 N–H and O–H groups in total. The number of hydrogen-bond donors (Lipinski definition) is 2. The fraction of sp³-hybridized carbons (Fsp3) is 0.423. The quantitative estimate of drug-likeness (QED) is 0.547. The van der Waals surface area contributed by atoms with E-state index in [1.807, 2.05) is 40.1 Å². The Morgan fingerprint density at radius 2 is 1.73 bits per heavy atom. The number of carbonyl (C=O) groups excluding carboxylic acids is 3. The normalized spacial score (nSPS) is 18.4. The molecule has 0 aliphatic carbocycles. The minimum Gasteiger partial charge on any atom is -0.466 e. The molecule has 0 saturated carbocycles. The summed E-state index contributed by atoms with van der Waals surface area (Å²) in [6.07, 6.45) is -3.85. The van der Waals surface area contributed by atoms with Gasteiger partial charge in [-0.25, -0.2) is 0 Å². The summed E-state index contributed by atoms with van der Waals surface area (Å²) in [5.74, 6) is -1.16. The maximum absolute atomic E-state index is 13.2. The molecule has 4 rings (SSSR count). The molecule has 0 unspecified atom stereocenters. The monoisotopic (exact) mass is 518 g/mol. The molecule has 2 amide bonds. The summed E-state index contributed by atoms with van der Waals surface area (Å²) < 4.78 is 43.7. The van der Waals surface area contributed by atoms with Gasteiger partial charge in [0.25, 0.3) is 0 Å². The van der Waals surface area contributed by atoms with Crippen molar-refractivity contribution in [3.05, 3.63) is 60.2 Å². The second kappa shape index (κ2) is 10.8. The number of amides is 2. The van der Waals surface area contributed by atoms with E-state index in [4.69, 9.17) is 4.74 Å². The third kappa shape index (κ3) is 5.71. The molecule has 1 atom stereocenters. The van der Waals surface area contributed by atoms with E-state index in [0.29, 0.717) is 32.6 Å². The van der Waals surface area contributed by atoms with Gasteiger partial charge in [-0.2, -0.15) is 13.2 Å². The van der Waals surface area contributed by atoms with E-state index in [-0.39, 0.29) is 24.6 Å². The smallest absolute Gasteiger partial charge is 0.416 e. The Morgan fingerprint density at radius 1 is 1.08 bits per heavy atom. The van der Waals surface area contributed by atoms with Crippen LogP contribution in [0.5, 0.6) is 0 Å². The van der Waals surface area contributed by atoms with Gasteiger partial charge in [-0.3, -0.25) is 19.3 Å². The molecule has 1 spiro atoms. The van der Waals surface area contributed by atoms with Crippen LogP contribution < -0.4 is 15.5 Å². The number of rotatable bonds is 7. The predicted molar refractivity (Wildman–Crippen MR) is 131 cm³/mol. The zero-order valence-electron chi connectivity index (χ0n) is 20.4.